The van der Waals surface area contributed by atoms with Crippen molar-refractivity contribution < 1.29 is 21.6 Å². The van der Waals surface area contributed by atoms with Gasteiger partial charge in [-0.3, -0.25) is 9.69 Å². The number of likely N-dealkylation sites (N-methyl/N-ethyl adjacent to an activating group) is 1. The summed E-state index contributed by atoms with van der Waals surface area (Å²) in [6.07, 6.45) is 2.15. The lowest BCUT2D eigenvalue weighted by Crippen LogP contribution is -2.38. The lowest BCUT2D eigenvalue weighted by atomic mass is 10.2. The van der Waals surface area contributed by atoms with Crippen LogP contribution in [0.15, 0.2) is 29.2 Å². The van der Waals surface area contributed by atoms with Crippen molar-refractivity contribution in [2.24, 2.45) is 0 Å². The summed E-state index contributed by atoms with van der Waals surface area (Å²) in [5.41, 5.74) is 0.380. The molecule has 27 heavy (non-hydrogen) atoms. The first-order valence-electron chi connectivity index (χ1n) is 8.93. The Morgan fingerprint density at radius 2 is 2.07 bits per heavy atom. The maximum atomic E-state index is 12.3. The van der Waals surface area contributed by atoms with Gasteiger partial charge in [0.05, 0.1) is 22.9 Å². The smallest absolute Gasteiger partial charge is 0.240 e. The van der Waals surface area contributed by atoms with E-state index in [1.165, 1.54) is 12.1 Å². The van der Waals surface area contributed by atoms with Gasteiger partial charge in [0.25, 0.3) is 0 Å². The summed E-state index contributed by atoms with van der Waals surface area (Å²) < 4.78 is 50.2. The first-order valence-corrected chi connectivity index (χ1v) is 12.2. The van der Waals surface area contributed by atoms with Crippen molar-refractivity contribution in [3.8, 4) is 0 Å². The second-order valence-corrected chi connectivity index (χ2v) is 10.8. The number of rotatable bonds is 9. The summed E-state index contributed by atoms with van der Waals surface area (Å²) in [5.74, 6) is -0.113. The molecule has 1 atom stereocenters. The van der Waals surface area contributed by atoms with Gasteiger partial charge in [0, 0.05) is 18.3 Å². The fraction of sp³-hybridized carbons (Fsp3) is 0.588. The van der Waals surface area contributed by atoms with Crippen LogP contribution in [0.5, 0.6) is 0 Å². The van der Waals surface area contributed by atoms with Gasteiger partial charge in [-0.15, -0.1) is 0 Å². The summed E-state index contributed by atoms with van der Waals surface area (Å²) in [6.45, 7) is 2.37. The molecule has 0 bridgehead atoms. The minimum Gasteiger partial charge on any atom is -0.325 e. The van der Waals surface area contributed by atoms with Crippen LogP contribution in [0.4, 0.5) is 5.69 Å². The van der Waals surface area contributed by atoms with E-state index >= 15 is 0 Å². The summed E-state index contributed by atoms with van der Waals surface area (Å²) in [4.78, 5) is 14.1. The van der Waals surface area contributed by atoms with Gasteiger partial charge in [0.15, 0.2) is 9.84 Å². The standard InChI is InChI=1S/C17H27N3O5S2/c1-3-4-9-18-27(24,25)16-7-5-6-14(11-16)19-17(21)12-20(2)15-8-10-26(22,23)13-15/h5-7,11,15,18H,3-4,8-10,12-13H2,1-2H3,(H,19,21)/t15-/m1/s1. The Morgan fingerprint density at radius 1 is 1.33 bits per heavy atom. The van der Waals surface area contributed by atoms with E-state index in [4.69, 9.17) is 0 Å². The van der Waals surface area contributed by atoms with E-state index in [9.17, 15) is 21.6 Å². The zero-order valence-corrected chi connectivity index (χ0v) is 17.3. The molecular formula is C17H27N3O5S2. The molecule has 1 aliphatic rings. The number of benzene rings is 1. The molecule has 0 saturated carbocycles. The zero-order chi connectivity index (χ0) is 20.1. The van der Waals surface area contributed by atoms with Crippen LogP contribution in [0.3, 0.4) is 0 Å². The van der Waals surface area contributed by atoms with E-state index in [0.717, 1.165) is 12.8 Å². The van der Waals surface area contributed by atoms with Crippen LogP contribution < -0.4 is 10.0 Å². The van der Waals surface area contributed by atoms with E-state index in [0.29, 0.717) is 18.7 Å². The molecule has 1 heterocycles. The van der Waals surface area contributed by atoms with Crippen molar-refractivity contribution in [1.82, 2.24) is 9.62 Å². The Balaban J connectivity index is 1.96. The Morgan fingerprint density at radius 3 is 2.70 bits per heavy atom. The Bertz CT molecular complexity index is 868. The van der Waals surface area contributed by atoms with E-state index in [1.54, 1.807) is 24.1 Å². The van der Waals surface area contributed by atoms with E-state index in [-0.39, 0.29) is 34.9 Å². The molecule has 1 aliphatic heterocycles. The van der Waals surface area contributed by atoms with E-state index in [2.05, 4.69) is 10.0 Å². The number of sulfone groups is 1. The molecule has 1 saturated heterocycles. The van der Waals surface area contributed by atoms with Crippen LogP contribution in [0.1, 0.15) is 26.2 Å². The summed E-state index contributed by atoms with van der Waals surface area (Å²) in [7, 11) is -4.92. The third-order valence-corrected chi connectivity index (χ3v) is 7.68. The summed E-state index contributed by atoms with van der Waals surface area (Å²) in [6, 6.07) is 5.89. The molecule has 1 aromatic rings. The molecule has 0 aliphatic carbocycles. The molecule has 0 unspecified atom stereocenters. The van der Waals surface area contributed by atoms with Crippen LogP contribution in [-0.2, 0) is 24.7 Å². The van der Waals surface area contributed by atoms with Gasteiger partial charge in [0.2, 0.25) is 15.9 Å². The fourth-order valence-corrected chi connectivity index (χ4v) is 5.81. The molecule has 10 heteroatoms. The van der Waals surface area contributed by atoms with Gasteiger partial charge in [-0.2, -0.15) is 0 Å². The van der Waals surface area contributed by atoms with Gasteiger partial charge in [-0.25, -0.2) is 21.6 Å². The first-order chi connectivity index (χ1) is 12.6. The molecule has 0 spiro atoms. The monoisotopic (exact) mass is 417 g/mol. The molecule has 0 radical (unpaired) electrons. The predicted molar refractivity (Wildman–Crippen MR) is 105 cm³/mol. The largest absolute Gasteiger partial charge is 0.325 e. The molecule has 152 valence electrons. The van der Waals surface area contributed by atoms with Gasteiger partial charge < -0.3 is 5.32 Å². The second kappa shape index (κ2) is 9.13. The lowest BCUT2D eigenvalue weighted by Gasteiger charge is -2.22. The van der Waals surface area contributed by atoms with Gasteiger partial charge in [-0.1, -0.05) is 19.4 Å². The van der Waals surface area contributed by atoms with Gasteiger partial charge >= 0.3 is 0 Å². The molecule has 1 fully saturated rings. The van der Waals surface area contributed by atoms with E-state index < -0.39 is 19.9 Å². The van der Waals surface area contributed by atoms with Crippen molar-refractivity contribution in [2.45, 2.75) is 37.1 Å². The van der Waals surface area contributed by atoms with Crippen molar-refractivity contribution in [1.29, 1.82) is 0 Å². The minimum atomic E-state index is -3.62. The minimum absolute atomic E-state index is 0.0336. The average Bonchev–Trinajstić information content (AvgIpc) is 2.95. The van der Waals surface area contributed by atoms with Crippen molar-refractivity contribution in [2.75, 3.05) is 37.0 Å². The number of nitrogens with zero attached hydrogens (tertiary/aromatic N) is 1. The number of unbranched alkanes of at least 4 members (excludes halogenated alkanes) is 1. The van der Waals surface area contributed by atoms with Crippen LogP contribution in [0.25, 0.3) is 0 Å². The highest BCUT2D eigenvalue weighted by molar-refractivity contribution is 7.91. The second-order valence-electron chi connectivity index (χ2n) is 6.80. The van der Waals surface area contributed by atoms with Crippen LogP contribution in [0, 0.1) is 0 Å². The normalized spacial score (nSPS) is 19.3. The maximum absolute atomic E-state index is 12.3. The molecule has 0 aromatic heterocycles. The van der Waals surface area contributed by atoms with E-state index in [1.807, 2.05) is 6.92 Å². The fourth-order valence-electron chi connectivity index (χ4n) is 2.89. The SMILES string of the molecule is CCCCNS(=O)(=O)c1cccc(NC(=O)CN(C)[C@@H]2CCS(=O)(=O)C2)c1. The van der Waals surface area contributed by atoms with Crippen LogP contribution >= 0.6 is 0 Å². The van der Waals surface area contributed by atoms with Crippen molar-refractivity contribution in [3.05, 3.63) is 24.3 Å². The highest BCUT2D eigenvalue weighted by Crippen LogP contribution is 2.18. The summed E-state index contributed by atoms with van der Waals surface area (Å²) >= 11 is 0. The highest BCUT2D eigenvalue weighted by atomic mass is 32.2. The van der Waals surface area contributed by atoms with Crippen LogP contribution in [0.2, 0.25) is 0 Å². The number of anilines is 1. The van der Waals surface area contributed by atoms with Crippen molar-refractivity contribution in [3.63, 3.8) is 0 Å². The number of carbonyl (C=O) groups is 1. The molecule has 2 N–H and O–H groups in total. The third-order valence-electron chi connectivity index (χ3n) is 4.48. The molecular weight excluding hydrogens is 390 g/mol. The van der Waals surface area contributed by atoms with Crippen molar-refractivity contribution >= 4 is 31.5 Å². The molecule has 1 aromatic carbocycles. The van der Waals surface area contributed by atoms with Gasteiger partial charge in [-0.05, 0) is 38.1 Å². The quantitative estimate of drug-likeness (QED) is 0.575. The maximum Gasteiger partial charge on any atom is 0.240 e. The highest BCUT2D eigenvalue weighted by Gasteiger charge is 2.31. The number of carbonyl (C=O) groups excluding carboxylic acids is 1. The number of hydrogen-bond donors (Lipinski definition) is 2. The first kappa shape index (κ1) is 21.8. The number of nitrogens with one attached hydrogen (secondary N) is 2. The van der Waals surface area contributed by atoms with Gasteiger partial charge in [0.1, 0.15) is 0 Å². The number of sulfonamides is 1. The number of hydrogen-bond acceptors (Lipinski definition) is 6. The molecule has 8 nitrogen and oxygen atoms in total. The lowest BCUT2D eigenvalue weighted by molar-refractivity contribution is -0.117. The van der Waals surface area contributed by atoms with Crippen LogP contribution in [-0.4, -0.2) is 65.3 Å². The predicted octanol–water partition coefficient (Wildman–Crippen LogP) is 0.822. The Labute approximate surface area is 161 Å². The summed E-state index contributed by atoms with van der Waals surface area (Å²) in [5, 5.41) is 2.67. The zero-order valence-electron chi connectivity index (χ0n) is 15.6. The Hall–Kier alpha value is -1.49. The topological polar surface area (TPSA) is 113 Å². The third kappa shape index (κ3) is 6.56. The average molecular weight is 418 g/mol. The number of amides is 1. The molecule has 2 rings (SSSR count). The Kier molecular flexibility index (Phi) is 7.38. The molecule has 1 amide bonds.